The van der Waals surface area contributed by atoms with Crippen LogP contribution in [-0.4, -0.2) is 7.11 Å². The Morgan fingerprint density at radius 1 is 0.875 bits per heavy atom. The van der Waals surface area contributed by atoms with Crippen LogP contribution in [0.4, 0.5) is 0 Å². The van der Waals surface area contributed by atoms with Gasteiger partial charge in [0, 0.05) is 10.8 Å². The number of rotatable bonds is 1. The fourth-order valence-electron chi connectivity index (χ4n) is 1.53. The van der Waals surface area contributed by atoms with Crippen molar-refractivity contribution in [1.29, 1.82) is 0 Å². The molecular weight excluding hydrogens is 290 g/mol. The lowest BCUT2D eigenvalue weighted by atomic mass is 10.1. The number of fused-ring (bicyclic) bond motifs is 1. The highest BCUT2D eigenvalue weighted by Crippen LogP contribution is 2.45. The number of hydrogen-bond donors (Lipinski definition) is 0. The van der Waals surface area contributed by atoms with Gasteiger partial charge in [-0.25, -0.2) is 0 Å². The Labute approximate surface area is 113 Å². The lowest BCUT2D eigenvalue weighted by molar-refractivity contribution is 0.420. The van der Waals surface area contributed by atoms with Crippen molar-refractivity contribution in [2.75, 3.05) is 7.11 Å². The Hall–Kier alpha value is -0.340. The molecule has 0 heterocycles. The van der Waals surface area contributed by atoms with Crippen molar-refractivity contribution in [3.8, 4) is 5.75 Å². The van der Waals surface area contributed by atoms with Crippen LogP contribution in [0.2, 0.25) is 20.1 Å². The van der Waals surface area contributed by atoms with Gasteiger partial charge >= 0.3 is 0 Å². The molecule has 5 heteroatoms. The normalized spacial score (nSPS) is 10.8. The topological polar surface area (TPSA) is 9.23 Å². The standard InChI is InChI=1S/C11H6Cl4O/c1-16-6-4-2-3-5-7(6)9(13)11(15)10(14)8(5)12/h2-4H,1H3. The van der Waals surface area contributed by atoms with Gasteiger partial charge in [0.15, 0.2) is 0 Å². The molecule has 2 aromatic rings. The van der Waals surface area contributed by atoms with Gasteiger partial charge in [-0.2, -0.15) is 0 Å². The second kappa shape index (κ2) is 4.50. The van der Waals surface area contributed by atoms with Crippen molar-refractivity contribution in [3.05, 3.63) is 38.3 Å². The molecule has 0 amide bonds. The molecule has 0 aliphatic heterocycles. The molecule has 0 saturated heterocycles. The first-order valence-electron chi connectivity index (χ1n) is 4.36. The van der Waals surface area contributed by atoms with E-state index in [4.69, 9.17) is 51.1 Å². The fourth-order valence-corrected chi connectivity index (χ4v) is 2.55. The minimum atomic E-state index is 0.241. The maximum atomic E-state index is 6.13. The van der Waals surface area contributed by atoms with Gasteiger partial charge < -0.3 is 4.74 Å². The summed E-state index contributed by atoms with van der Waals surface area (Å²) in [4.78, 5) is 0. The van der Waals surface area contributed by atoms with Crippen molar-refractivity contribution in [1.82, 2.24) is 0 Å². The van der Waals surface area contributed by atoms with Gasteiger partial charge in [-0.3, -0.25) is 0 Å². The highest BCUT2D eigenvalue weighted by Gasteiger charge is 2.17. The van der Waals surface area contributed by atoms with Crippen molar-refractivity contribution < 1.29 is 4.74 Å². The van der Waals surface area contributed by atoms with Crippen LogP contribution in [-0.2, 0) is 0 Å². The quantitative estimate of drug-likeness (QED) is 0.501. The summed E-state index contributed by atoms with van der Waals surface area (Å²) in [5, 5.41) is 2.62. The van der Waals surface area contributed by atoms with E-state index in [1.807, 2.05) is 12.1 Å². The van der Waals surface area contributed by atoms with Crippen LogP contribution in [0.15, 0.2) is 18.2 Å². The zero-order chi connectivity index (χ0) is 11.9. The first-order valence-corrected chi connectivity index (χ1v) is 5.87. The highest BCUT2D eigenvalue weighted by atomic mass is 35.5. The number of benzene rings is 2. The van der Waals surface area contributed by atoms with Crippen LogP contribution in [0.3, 0.4) is 0 Å². The molecule has 0 unspecified atom stereocenters. The van der Waals surface area contributed by atoms with E-state index in [0.717, 1.165) is 5.39 Å². The summed E-state index contributed by atoms with van der Waals surface area (Å²) in [5.74, 6) is 0.614. The third kappa shape index (κ3) is 1.72. The predicted octanol–water partition coefficient (Wildman–Crippen LogP) is 5.46. The predicted molar refractivity (Wildman–Crippen MR) is 70.5 cm³/mol. The van der Waals surface area contributed by atoms with Gasteiger partial charge in [-0.05, 0) is 6.07 Å². The summed E-state index contributed by atoms with van der Waals surface area (Å²) in [6.07, 6.45) is 0. The van der Waals surface area contributed by atoms with E-state index in [0.29, 0.717) is 21.2 Å². The molecule has 0 atom stereocenters. The average molecular weight is 296 g/mol. The van der Waals surface area contributed by atoms with Gasteiger partial charge in [0.2, 0.25) is 0 Å². The van der Waals surface area contributed by atoms with Crippen LogP contribution in [0.25, 0.3) is 10.8 Å². The van der Waals surface area contributed by atoms with Crippen LogP contribution in [0.5, 0.6) is 5.75 Å². The van der Waals surface area contributed by atoms with Crippen LogP contribution in [0.1, 0.15) is 0 Å². The Balaban J connectivity index is 3.02. The summed E-state index contributed by atoms with van der Waals surface area (Å²) in [6.45, 7) is 0. The fraction of sp³-hybridized carbons (Fsp3) is 0.0909. The van der Waals surface area contributed by atoms with Gasteiger partial charge in [0.25, 0.3) is 0 Å². The summed E-state index contributed by atoms with van der Waals surface area (Å²) in [5.41, 5.74) is 0. The average Bonchev–Trinajstić information content (AvgIpc) is 2.32. The summed E-state index contributed by atoms with van der Waals surface area (Å²) < 4.78 is 5.21. The molecule has 0 saturated carbocycles. The molecular formula is C11H6Cl4O. The van der Waals surface area contributed by atoms with E-state index >= 15 is 0 Å². The largest absolute Gasteiger partial charge is 0.496 e. The molecule has 0 N–H and O–H groups in total. The number of methoxy groups -OCH3 is 1. The van der Waals surface area contributed by atoms with Crippen molar-refractivity contribution in [2.45, 2.75) is 0 Å². The van der Waals surface area contributed by atoms with Gasteiger partial charge in [-0.1, -0.05) is 58.5 Å². The number of hydrogen-bond acceptors (Lipinski definition) is 1. The van der Waals surface area contributed by atoms with Crippen LogP contribution in [0, 0.1) is 0 Å². The Bertz CT molecular complexity index is 566. The summed E-state index contributed by atoms with van der Waals surface area (Å²) >= 11 is 24.2. The number of ether oxygens (including phenoxy) is 1. The maximum Gasteiger partial charge on any atom is 0.128 e. The SMILES string of the molecule is COc1cccc2c(Cl)c(Cl)c(Cl)c(Cl)c12. The lowest BCUT2D eigenvalue weighted by Crippen LogP contribution is -1.87. The third-order valence-electron chi connectivity index (χ3n) is 2.28. The minimum Gasteiger partial charge on any atom is -0.496 e. The highest BCUT2D eigenvalue weighted by molar-refractivity contribution is 6.55. The first-order chi connectivity index (χ1) is 7.57. The van der Waals surface area contributed by atoms with E-state index in [1.54, 1.807) is 13.2 Å². The molecule has 0 aromatic heterocycles. The van der Waals surface area contributed by atoms with Gasteiger partial charge in [-0.15, -0.1) is 0 Å². The van der Waals surface area contributed by atoms with Gasteiger partial charge in [0.05, 0.1) is 27.2 Å². The van der Waals surface area contributed by atoms with E-state index in [2.05, 4.69) is 0 Å². The molecule has 1 nitrogen and oxygen atoms in total. The van der Waals surface area contributed by atoms with Crippen LogP contribution >= 0.6 is 46.4 Å². The second-order valence-corrected chi connectivity index (χ2v) is 4.65. The Kier molecular flexibility index (Phi) is 3.41. The lowest BCUT2D eigenvalue weighted by Gasteiger charge is -2.11. The monoisotopic (exact) mass is 294 g/mol. The van der Waals surface area contributed by atoms with E-state index in [9.17, 15) is 0 Å². The van der Waals surface area contributed by atoms with Crippen molar-refractivity contribution in [3.63, 3.8) is 0 Å². The molecule has 2 aromatic carbocycles. The van der Waals surface area contributed by atoms with Gasteiger partial charge in [0.1, 0.15) is 5.75 Å². The third-order valence-corrected chi connectivity index (χ3v) is 4.10. The molecule has 0 bridgehead atoms. The summed E-state index contributed by atoms with van der Waals surface area (Å²) in [7, 11) is 1.56. The molecule has 0 radical (unpaired) electrons. The summed E-state index contributed by atoms with van der Waals surface area (Å²) in [6, 6.07) is 5.41. The molecule has 84 valence electrons. The zero-order valence-electron chi connectivity index (χ0n) is 8.15. The zero-order valence-corrected chi connectivity index (χ0v) is 11.2. The smallest absolute Gasteiger partial charge is 0.128 e. The van der Waals surface area contributed by atoms with E-state index in [-0.39, 0.29) is 10.0 Å². The second-order valence-electron chi connectivity index (χ2n) is 3.14. The molecule has 0 fully saturated rings. The van der Waals surface area contributed by atoms with E-state index in [1.165, 1.54) is 0 Å². The molecule has 0 spiro atoms. The van der Waals surface area contributed by atoms with Crippen molar-refractivity contribution in [2.24, 2.45) is 0 Å². The minimum absolute atomic E-state index is 0.241. The number of halogens is 4. The molecule has 2 rings (SSSR count). The Morgan fingerprint density at radius 2 is 1.50 bits per heavy atom. The van der Waals surface area contributed by atoms with Crippen LogP contribution < -0.4 is 4.74 Å². The molecule has 0 aliphatic rings. The van der Waals surface area contributed by atoms with E-state index < -0.39 is 0 Å². The molecule has 0 aliphatic carbocycles. The molecule has 16 heavy (non-hydrogen) atoms. The Morgan fingerprint density at radius 3 is 2.12 bits per heavy atom. The van der Waals surface area contributed by atoms with Crippen molar-refractivity contribution >= 4 is 57.2 Å². The first kappa shape index (κ1) is 12.1. The maximum absolute atomic E-state index is 6.13.